The van der Waals surface area contributed by atoms with Gasteiger partial charge in [0.05, 0.1) is 23.0 Å². The summed E-state index contributed by atoms with van der Waals surface area (Å²) in [5.41, 5.74) is 4.88. The number of aryl methyl sites for hydroxylation is 3. The number of carbonyl (C=O) groups excluding carboxylic acids is 1. The molecule has 4 rings (SSSR count). The lowest BCUT2D eigenvalue weighted by atomic mass is 10.0. The van der Waals surface area contributed by atoms with Crippen LogP contribution in [0.2, 0.25) is 0 Å². The molecular formula is C24H24N2O3S. The molecule has 3 aromatic rings. The molecule has 1 heterocycles. The lowest BCUT2D eigenvalue weighted by Gasteiger charge is -2.25. The molecule has 0 saturated carbocycles. The first kappa shape index (κ1) is 20.2. The summed E-state index contributed by atoms with van der Waals surface area (Å²) >= 11 is 0. The van der Waals surface area contributed by atoms with Crippen LogP contribution in [0.3, 0.4) is 0 Å². The third-order valence-electron chi connectivity index (χ3n) is 5.40. The summed E-state index contributed by atoms with van der Waals surface area (Å²) < 4.78 is 27.9. The molecule has 0 bridgehead atoms. The number of nitrogens with one attached hydrogen (secondary N) is 1. The Balaban J connectivity index is 1.84. The van der Waals surface area contributed by atoms with Crippen molar-refractivity contribution in [2.24, 2.45) is 0 Å². The topological polar surface area (TPSA) is 66.5 Å². The lowest BCUT2D eigenvalue weighted by Crippen LogP contribution is -2.39. The highest BCUT2D eigenvalue weighted by Gasteiger charge is 2.36. The van der Waals surface area contributed by atoms with Gasteiger partial charge in [0.2, 0.25) is 0 Å². The molecule has 0 fully saturated rings. The van der Waals surface area contributed by atoms with Crippen molar-refractivity contribution in [1.29, 1.82) is 0 Å². The second-order valence-corrected chi connectivity index (χ2v) is 9.67. The minimum absolute atomic E-state index is 0.00579. The highest BCUT2D eigenvalue weighted by molar-refractivity contribution is 7.89. The number of sulfonamides is 1. The van der Waals surface area contributed by atoms with E-state index in [-0.39, 0.29) is 17.5 Å². The molecule has 1 unspecified atom stereocenters. The van der Waals surface area contributed by atoms with Gasteiger partial charge in [-0.1, -0.05) is 59.2 Å². The first-order valence-corrected chi connectivity index (χ1v) is 11.3. The summed E-state index contributed by atoms with van der Waals surface area (Å²) in [4.78, 5) is 13.5. The Morgan fingerprint density at radius 1 is 0.833 bits per heavy atom. The van der Waals surface area contributed by atoms with Crippen molar-refractivity contribution in [2.75, 3.05) is 11.9 Å². The predicted molar refractivity (Wildman–Crippen MR) is 118 cm³/mol. The van der Waals surface area contributed by atoms with E-state index in [4.69, 9.17) is 0 Å². The molecular weight excluding hydrogens is 396 g/mol. The third kappa shape index (κ3) is 3.71. The summed E-state index contributed by atoms with van der Waals surface area (Å²) in [6.45, 7) is 5.78. The van der Waals surface area contributed by atoms with Crippen molar-refractivity contribution in [2.45, 2.75) is 31.7 Å². The van der Waals surface area contributed by atoms with E-state index in [1.54, 1.807) is 30.3 Å². The molecule has 0 aliphatic carbocycles. The van der Waals surface area contributed by atoms with E-state index in [0.29, 0.717) is 11.3 Å². The van der Waals surface area contributed by atoms with Crippen molar-refractivity contribution in [3.63, 3.8) is 0 Å². The van der Waals surface area contributed by atoms with Crippen molar-refractivity contribution in [3.05, 3.63) is 94.5 Å². The van der Waals surface area contributed by atoms with Crippen LogP contribution in [0, 0.1) is 20.8 Å². The molecule has 1 N–H and O–H groups in total. The largest absolute Gasteiger partial charge is 0.376 e. The van der Waals surface area contributed by atoms with E-state index in [1.165, 1.54) is 0 Å². The maximum absolute atomic E-state index is 13.5. The molecule has 1 amide bonds. The molecule has 30 heavy (non-hydrogen) atoms. The SMILES string of the molecule is Cc1ccc(C2CN(S(=O)(=O)c3ccc(C)cc3)C(=O)c3cc(C)ccc3N2)cc1. The monoisotopic (exact) mass is 420 g/mol. The van der Waals surface area contributed by atoms with Gasteiger partial charge >= 0.3 is 0 Å². The second-order valence-electron chi connectivity index (χ2n) is 7.81. The molecule has 1 atom stereocenters. The van der Waals surface area contributed by atoms with E-state index in [9.17, 15) is 13.2 Å². The molecule has 154 valence electrons. The zero-order valence-corrected chi connectivity index (χ0v) is 18.0. The Kier molecular flexibility index (Phi) is 5.12. The molecule has 3 aromatic carbocycles. The third-order valence-corrected chi connectivity index (χ3v) is 7.16. The number of hydrogen-bond donors (Lipinski definition) is 1. The van der Waals surface area contributed by atoms with Gasteiger partial charge in [0, 0.05) is 5.69 Å². The first-order chi connectivity index (χ1) is 14.3. The maximum Gasteiger partial charge on any atom is 0.269 e. The minimum atomic E-state index is -4.01. The number of amides is 1. The molecule has 0 spiro atoms. The van der Waals surface area contributed by atoms with Gasteiger partial charge in [0.15, 0.2) is 0 Å². The zero-order valence-electron chi connectivity index (χ0n) is 17.2. The van der Waals surface area contributed by atoms with Crippen LogP contribution in [-0.2, 0) is 10.0 Å². The molecule has 5 nitrogen and oxygen atoms in total. The molecule has 6 heteroatoms. The normalized spacial score (nSPS) is 16.6. The molecule has 0 aromatic heterocycles. The van der Waals surface area contributed by atoms with E-state index in [1.807, 2.05) is 57.2 Å². The van der Waals surface area contributed by atoms with Crippen LogP contribution in [0.4, 0.5) is 5.69 Å². The number of nitrogens with zero attached hydrogens (tertiary/aromatic N) is 1. The summed E-state index contributed by atoms with van der Waals surface area (Å²) in [7, 11) is -4.01. The number of fused-ring (bicyclic) bond motifs is 1. The van der Waals surface area contributed by atoms with Gasteiger partial charge in [-0.05, 0) is 50.6 Å². The highest BCUT2D eigenvalue weighted by atomic mass is 32.2. The quantitative estimate of drug-likeness (QED) is 0.672. The van der Waals surface area contributed by atoms with Gasteiger partial charge in [-0.2, -0.15) is 0 Å². The predicted octanol–water partition coefficient (Wildman–Crippen LogP) is 4.61. The van der Waals surface area contributed by atoms with Crippen molar-refractivity contribution < 1.29 is 13.2 Å². The number of anilines is 1. The van der Waals surface area contributed by atoms with Crippen LogP contribution >= 0.6 is 0 Å². The zero-order chi connectivity index (χ0) is 21.5. The van der Waals surface area contributed by atoms with Crippen LogP contribution in [0.25, 0.3) is 0 Å². The summed E-state index contributed by atoms with van der Waals surface area (Å²) in [5.74, 6) is -0.517. The summed E-state index contributed by atoms with van der Waals surface area (Å²) in [6, 6.07) is 19.6. The van der Waals surface area contributed by atoms with Gasteiger partial charge in [-0.25, -0.2) is 12.7 Å². The Labute approximate surface area is 177 Å². The number of carbonyl (C=O) groups is 1. The van der Waals surface area contributed by atoms with Crippen LogP contribution in [0.5, 0.6) is 0 Å². The Morgan fingerprint density at radius 2 is 1.40 bits per heavy atom. The Morgan fingerprint density at radius 3 is 2.03 bits per heavy atom. The van der Waals surface area contributed by atoms with Gasteiger partial charge in [-0.3, -0.25) is 4.79 Å². The Bertz CT molecular complexity index is 1200. The summed E-state index contributed by atoms with van der Waals surface area (Å²) in [5, 5.41) is 3.39. The molecule has 0 radical (unpaired) electrons. The molecule has 0 saturated heterocycles. The van der Waals surface area contributed by atoms with E-state index < -0.39 is 15.9 Å². The molecule has 1 aliphatic rings. The number of rotatable bonds is 3. The fourth-order valence-electron chi connectivity index (χ4n) is 3.61. The standard InChI is InChI=1S/C24H24N2O3S/c1-16-4-9-19(10-5-16)23-15-26(30(28,29)20-11-6-17(2)7-12-20)24(27)21-14-18(3)8-13-22(21)25-23/h4-14,23,25H,15H2,1-3H3. The van der Waals surface area contributed by atoms with Gasteiger partial charge in [0.1, 0.15) is 0 Å². The van der Waals surface area contributed by atoms with Crippen molar-refractivity contribution in [1.82, 2.24) is 4.31 Å². The number of hydrogen-bond acceptors (Lipinski definition) is 4. The fraction of sp³-hybridized carbons (Fsp3) is 0.208. The van der Waals surface area contributed by atoms with Crippen LogP contribution in [0.15, 0.2) is 71.6 Å². The van der Waals surface area contributed by atoms with Crippen LogP contribution in [-0.4, -0.2) is 25.2 Å². The molecule has 1 aliphatic heterocycles. The fourth-order valence-corrected chi connectivity index (χ4v) is 5.01. The number of benzene rings is 3. The second kappa shape index (κ2) is 7.61. The van der Waals surface area contributed by atoms with Gasteiger partial charge in [-0.15, -0.1) is 0 Å². The summed E-state index contributed by atoms with van der Waals surface area (Å²) in [6.07, 6.45) is 0. The van der Waals surface area contributed by atoms with E-state index in [2.05, 4.69) is 5.32 Å². The Hall–Kier alpha value is -3.12. The minimum Gasteiger partial charge on any atom is -0.376 e. The van der Waals surface area contributed by atoms with Crippen molar-refractivity contribution in [3.8, 4) is 0 Å². The van der Waals surface area contributed by atoms with Gasteiger partial charge < -0.3 is 5.32 Å². The van der Waals surface area contributed by atoms with E-state index in [0.717, 1.165) is 26.6 Å². The van der Waals surface area contributed by atoms with Gasteiger partial charge in [0.25, 0.3) is 15.9 Å². The average molecular weight is 421 g/mol. The van der Waals surface area contributed by atoms with Crippen molar-refractivity contribution >= 4 is 21.6 Å². The van der Waals surface area contributed by atoms with Crippen LogP contribution < -0.4 is 5.32 Å². The average Bonchev–Trinajstić information content (AvgIpc) is 2.86. The first-order valence-electron chi connectivity index (χ1n) is 9.83. The maximum atomic E-state index is 13.5. The van der Waals surface area contributed by atoms with E-state index >= 15 is 0 Å². The van der Waals surface area contributed by atoms with Crippen LogP contribution in [0.1, 0.15) is 38.7 Å². The lowest BCUT2D eigenvalue weighted by molar-refractivity contribution is 0.0862. The highest BCUT2D eigenvalue weighted by Crippen LogP contribution is 2.32. The smallest absolute Gasteiger partial charge is 0.269 e.